The van der Waals surface area contributed by atoms with Crippen molar-refractivity contribution >= 4 is 17.4 Å². The molecule has 0 saturated carbocycles. The predicted molar refractivity (Wildman–Crippen MR) is 85.2 cm³/mol. The van der Waals surface area contributed by atoms with Crippen molar-refractivity contribution in [2.45, 2.75) is 13.5 Å². The molecule has 0 fully saturated rings. The molecule has 2 aromatic rings. The number of nitro groups is 1. The Hall–Kier alpha value is -3.22. The molecule has 0 aliphatic rings. The van der Waals surface area contributed by atoms with Crippen LogP contribution in [-0.2, 0) is 11.3 Å². The van der Waals surface area contributed by atoms with E-state index >= 15 is 0 Å². The van der Waals surface area contributed by atoms with Gasteiger partial charge in [-0.2, -0.15) is 0 Å². The third-order valence-corrected chi connectivity index (χ3v) is 3.33. The largest absolute Gasteiger partial charge is 0.488 e. The molecule has 124 valence electrons. The first kappa shape index (κ1) is 17.1. The number of carbonyl (C=O) groups is 2. The van der Waals surface area contributed by atoms with Gasteiger partial charge in [-0.15, -0.1) is 0 Å². The summed E-state index contributed by atoms with van der Waals surface area (Å²) in [6.45, 7) is 1.30. The van der Waals surface area contributed by atoms with E-state index in [0.717, 1.165) is 12.7 Å². The first-order chi connectivity index (χ1) is 11.5. The second kappa shape index (κ2) is 7.36. The fourth-order valence-electron chi connectivity index (χ4n) is 2.20. The van der Waals surface area contributed by atoms with E-state index < -0.39 is 22.4 Å². The highest BCUT2D eigenvalue weighted by molar-refractivity contribution is 6.05. The lowest BCUT2D eigenvalue weighted by atomic mass is 10.0. The zero-order chi connectivity index (χ0) is 17.7. The molecular formula is C17H15NO6. The van der Waals surface area contributed by atoms with Gasteiger partial charge in [0.25, 0.3) is 5.69 Å². The molecule has 0 heterocycles. The first-order valence-corrected chi connectivity index (χ1v) is 7.03. The fraction of sp³-hybridized carbons (Fsp3) is 0.176. The van der Waals surface area contributed by atoms with Gasteiger partial charge in [0.1, 0.15) is 12.4 Å². The van der Waals surface area contributed by atoms with E-state index in [0.29, 0.717) is 0 Å². The summed E-state index contributed by atoms with van der Waals surface area (Å²) in [7, 11) is 1.10. The molecular weight excluding hydrogens is 314 g/mol. The Morgan fingerprint density at radius 3 is 2.33 bits per heavy atom. The van der Waals surface area contributed by atoms with Crippen molar-refractivity contribution in [2.75, 3.05) is 7.11 Å². The van der Waals surface area contributed by atoms with E-state index in [9.17, 15) is 19.7 Å². The number of hydrogen-bond acceptors (Lipinski definition) is 6. The van der Waals surface area contributed by atoms with Gasteiger partial charge in [0.15, 0.2) is 11.3 Å². The summed E-state index contributed by atoms with van der Waals surface area (Å²) in [6, 6.07) is 11.7. The Kier molecular flexibility index (Phi) is 5.26. The van der Waals surface area contributed by atoms with Crippen molar-refractivity contribution in [1.29, 1.82) is 0 Å². The minimum Gasteiger partial charge on any atom is -0.488 e. The molecule has 0 bridgehead atoms. The number of hydrogen-bond donors (Lipinski definition) is 0. The second-order valence-corrected chi connectivity index (χ2v) is 4.91. The van der Waals surface area contributed by atoms with Crippen molar-refractivity contribution in [3.05, 3.63) is 69.3 Å². The number of nitro benzene ring substituents is 1. The summed E-state index contributed by atoms with van der Waals surface area (Å²) in [5.74, 6) is -1.48. The fourth-order valence-corrected chi connectivity index (χ4v) is 2.20. The highest BCUT2D eigenvalue weighted by Gasteiger charge is 2.31. The van der Waals surface area contributed by atoms with Crippen LogP contribution in [0, 0.1) is 10.1 Å². The summed E-state index contributed by atoms with van der Waals surface area (Å²) in [5, 5.41) is 11.4. The Bertz CT molecular complexity index is 785. The molecule has 2 aromatic carbocycles. The highest BCUT2D eigenvalue weighted by atomic mass is 16.6. The smallest absolute Gasteiger partial charge is 0.348 e. The summed E-state index contributed by atoms with van der Waals surface area (Å²) in [6.07, 6.45) is 0. The van der Waals surface area contributed by atoms with Crippen LogP contribution in [0.2, 0.25) is 0 Å². The van der Waals surface area contributed by atoms with Gasteiger partial charge in [-0.3, -0.25) is 14.9 Å². The normalized spacial score (nSPS) is 10.1. The molecule has 0 radical (unpaired) electrons. The number of methoxy groups -OCH3 is 1. The van der Waals surface area contributed by atoms with Crippen molar-refractivity contribution in [3.63, 3.8) is 0 Å². The third-order valence-electron chi connectivity index (χ3n) is 3.33. The molecule has 7 heteroatoms. The van der Waals surface area contributed by atoms with Gasteiger partial charge in [0.05, 0.1) is 17.6 Å². The number of ketones is 1. The van der Waals surface area contributed by atoms with Crippen molar-refractivity contribution < 1.29 is 24.0 Å². The maximum atomic E-state index is 12.0. The maximum absolute atomic E-state index is 12.0. The van der Waals surface area contributed by atoms with Crippen LogP contribution in [0.15, 0.2) is 42.5 Å². The van der Waals surface area contributed by atoms with Gasteiger partial charge in [0, 0.05) is 0 Å². The molecule has 0 aromatic heterocycles. The summed E-state index contributed by atoms with van der Waals surface area (Å²) < 4.78 is 10.2. The van der Waals surface area contributed by atoms with Crippen molar-refractivity contribution in [1.82, 2.24) is 0 Å². The Morgan fingerprint density at radius 2 is 1.79 bits per heavy atom. The van der Waals surface area contributed by atoms with Gasteiger partial charge in [-0.25, -0.2) is 4.79 Å². The zero-order valence-corrected chi connectivity index (χ0v) is 13.1. The highest BCUT2D eigenvalue weighted by Crippen LogP contribution is 2.33. The second-order valence-electron chi connectivity index (χ2n) is 4.91. The molecule has 24 heavy (non-hydrogen) atoms. The molecule has 0 spiro atoms. The van der Waals surface area contributed by atoms with E-state index in [1.165, 1.54) is 19.1 Å². The minimum absolute atomic E-state index is 0.0117. The molecule has 0 unspecified atom stereocenters. The van der Waals surface area contributed by atoms with Crippen LogP contribution in [-0.4, -0.2) is 23.8 Å². The molecule has 2 rings (SSSR count). The van der Waals surface area contributed by atoms with Crippen LogP contribution in [0.1, 0.15) is 33.2 Å². The van der Waals surface area contributed by atoms with E-state index in [2.05, 4.69) is 4.74 Å². The van der Waals surface area contributed by atoms with Crippen LogP contribution in [0.25, 0.3) is 0 Å². The lowest BCUT2D eigenvalue weighted by Crippen LogP contribution is -2.12. The molecule has 0 aliphatic heterocycles. The van der Waals surface area contributed by atoms with Gasteiger partial charge in [0.2, 0.25) is 0 Å². The SMILES string of the molecule is COC(=O)c1c(OCc2ccccc2)ccc(C(C)=O)c1[N+](=O)[O-]. The van der Waals surface area contributed by atoms with Crippen molar-refractivity contribution in [3.8, 4) is 5.75 Å². The Labute approximate surface area is 138 Å². The van der Waals surface area contributed by atoms with E-state index in [1.807, 2.05) is 30.3 Å². The number of carbonyl (C=O) groups excluding carboxylic acids is 2. The first-order valence-electron chi connectivity index (χ1n) is 7.03. The lowest BCUT2D eigenvalue weighted by Gasteiger charge is -2.12. The summed E-state index contributed by atoms with van der Waals surface area (Å²) >= 11 is 0. The predicted octanol–water partition coefficient (Wildman–Crippen LogP) is 3.16. The van der Waals surface area contributed by atoms with E-state index in [4.69, 9.17) is 4.74 Å². The van der Waals surface area contributed by atoms with Crippen LogP contribution >= 0.6 is 0 Å². The molecule has 0 aliphatic carbocycles. The van der Waals surface area contributed by atoms with E-state index in [-0.39, 0.29) is 23.5 Å². The number of Topliss-reactive ketones (excluding diaryl/α,β-unsaturated/α-hetero) is 1. The number of rotatable bonds is 6. The van der Waals surface area contributed by atoms with E-state index in [1.54, 1.807) is 0 Å². The van der Waals surface area contributed by atoms with Crippen LogP contribution in [0.4, 0.5) is 5.69 Å². The molecule has 0 N–H and O–H groups in total. The summed E-state index contributed by atoms with van der Waals surface area (Å²) in [5.41, 5.74) is -0.329. The van der Waals surface area contributed by atoms with Gasteiger partial charge >= 0.3 is 5.97 Å². The van der Waals surface area contributed by atoms with Crippen LogP contribution < -0.4 is 4.74 Å². The minimum atomic E-state index is -0.937. The molecule has 0 atom stereocenters. The summed E-state index contributed by atoms with van der Waals surface area (Å²) in [4.78, 5) is 34.3. The number of nitrogens with zero attached hydrogens (tertiary/aromatic N) is 1. The van der Waals surface area contributed by atoms with Gasteiger partial charge in [-0.1, -0.05) is 30.3 Å². The Morgan fingerprint density at radius 1 is 1.12 bits per heavy atom. The third kappa shape index (κ3) is 3.57. The molecule has 0 saturated heterocycles. The number of esters is 1. The number of benzene rings is 2. The van der Waals surface area contributed by atoms with Crippen molar-refractivity contribution in [2.24, 2.45) is 0 Å². The van der Waals surface area contributed by atoms with Crippen LogP contribution in [0.5, 0.6) is 5.75 Å². The molecule has 0 amide bonds. The number of ether oxygens (including phenoxy) is 2. The maximum Gasteiger partial charge on any atom is 0.348 e. The zero-order valence-electron chi connectivity index (χ0n) is 13.1. The quantitative estimate of drug-likeness (QED) is 0.349. The van der Waals surface area contributed by atoms with Gasteiger partial charge < -0.3 is 9.47 Å². The van der Waals surface area contributed by atoms with Gasteiger partial charge in [-0.05, 0) is 24.6 Å². The van der Waals surface area contributed by atoms with Crippen LogP contribution in [0.3, 0.4) is 0 Å². The monoisotopic (exact) mass is 329 g/mol. The standard InChI is InChI=1S/C17H15NO6/c1-11(19)13-8-9-14(24-10-12-6-4-3-5-7-12)15(17(20)23-2)16(13)18(21)22/h3-9H,10H2,1-2H3. The molecule has 7 nitrogen and oxygen atoms in total. The topological polar surface area (TPSA) is 95.7 Å². The Balaban J connectivity index is 2.50. The lowest BCUT2D eigenvalue weighted by molar-refractivity contribution is -0.385. The average Bonchev–Trinajstić information content (AvgIpc) is 2.59. The average molecular weight is 329 g/mol.